The van der Waals surface area contributed by atoms with E-state index in [1.165, 1.54) is 123 Å². The van der Waals surface area contributed by atoms with E-state index in [2.05, 4.69) is 246 Å². The Labute approximate surface area is 428 Å². The summed E-state index contributed by atoms with van der Waals surface area (Å²) in [5, 5.41) is 0. The van der Waals surface area contributed by atoms with Gasteiger partial charge in [0.25, 0.3) is 0 Å². The Hall–Kier alpha value is -6.76. The smallest absolute Gasteiger partial charge is 0.00131 e. The van der Waals surface area contributed by atoms with Crippen LogP contribution in [0.4, 0.5) is 0 Å². The summed E-state index contributed by atoms with van der Waals surface area (Å²) < 4.78 is 0. The van der Waals surface area contributed by atoms with Crippen LogP contribution in [0.3, 0.4) is 0 Å². The van der Waals surface area contributed by atoms with Gasteiger partial charge in [-0.05, 0) is 247 Å². The van der Waals surface area contributed by atoms with Gasteiger partial charge >= 0.3 is 0 Å². The van der Waals surface area contributed by atoms with E-state index >= 15 is 0 Å². The molecule has 2 unspecified atom stereocenters. The van der Waals surface area contributed by atoms with Crippen molar-refractivity contribution in [3.63, 3.8) is 0 Å². The molecule has 8 rings (SSSR count). The minimum Gasteiger partial charge on any atom is -0.0915 e. The summed E-state index contributed by atoms with van der Waals surface area (Å²) >= 11 is 0. The predicted octanol–water partition coefficient (Wildman–Crippen LogP) is 20.2. The maximum absolute atomic E-state index is 4.55. The van der Waals surface area contributed by atoms with Crippen molar-refractivity contribution in [2.24, 2.45) is 11.8 Å². The first kappa shape index (κ1) is 50.6. The zero-order valence-electron chi connectivity index (χ0n) is 44.5. The second-order valence-corrected chi connectivity index (χ2v) is 20.5. The maximum Gasteiger partial charge on any atom is -0.00131 e. The van der Waals surface area contributed by atoms with Crippen molar-refractivity contribution in [1.82, 2.24) is 0 Å². The summed E-state index contributed by atoms with van der Waals surface area (Å²) in [6.07, 6.45) is 30.8. The highest BCUT2D eigenvalue weighted by Gasteiger charge is 2.30. The standard InChI is InChI=1S/C71H76/c1-12-27-63(48(6)13-2)70-53(11)40-51(9)49(7)28-25-29-50(8)56(44-67(70)47(4)5)35-26-39-66-58-41-52(10)62-36-23-24-38-65(62)59(43-58)45-68-64-37-22-21-34-57(64)42-60(46-69(66)68)71(55-32-19-16-20-33-55)61(14-3)54-30-17-15-18-31-54/h12-13,15-25,27-34,36-38,40-41,45-46,50,56H,9,14,26,35,39,42-44H2,1-8,10-11H3. The number of fused-ring (bicyclic) bond motifs is 6. The molecule has 2 atom stereocenters. The molecule has 0 saturated carbocycles. The SMILES string of the molecule is C=C1C=C(C)C(=C(C=CC)C(C)=CC)C(=C(C)C)CC(CCCC2=C3C=C(C)c4ccccc4C(=CC4=C2C=C(C(=C(CC)c2ccccc2)c2ccccc2)Cc2ccccc24)C3)C(C)C=CC=C1C. The number of hydrogen-bond donors (Lipinski definition) is 0. The highest BCUT2D eigenvalue weighted by atomic mass is 14.3. The van der Waals surface area contributed by atoms with Gasteiger partial charge < -0.3 is 0 Å². The van der Waals surface area contributed by atoms with Crippen molar-refractivity contribution in [1.29, 1.82) is 0 Å². The van der Waals surface area contributed by atoms with Gasteiger partial charge in [0, 0.05) is 0 Å². The van der Waals surface area contributed by atoms with Crippen LogP contribution < -0.4 is 0 Å². The molecule has 0 N–H and O–H groups in total. The van der Waals surface area contributed by atoms with Gasteiger partial charge in [-0.3, -0.25) is 0 Å². The third kappa shape index (κ3) is 11.1. The predicted molar refractivity (Wildman–Crippen MR) is 311 cm³/mol. The van der Waals surface area contributed by atoms with E-state index in [0.29, 0.717) is 11.8 Å². The molecule has 2 bridgehead atoms. The van der Waals surface area contributed by atoms with Gasteiger partial charge in [-0.2, -0.15) is 0 Å². The van der Waals surface area contributed by atoms with Gasteiger partial charge in [0.15, 0.2) is 0 Å². The van der Waals surface area contributed by atoms with Crippen LogP contribution >= 0.6 is 0 Å². The van der Waals surface area contributed by atoms with Crippen LogP contribution in [-0.2, 0) is 6.42 Å². The van der Waals surface area contributed by atoms with E-state index in [4.69, 9.17) is 0 Å². The lowest BCUT2D eigenvalue weighted by Gasteiger charge is -2.28. The molecular formula is C71H76. The Morgan fingerprint density at radius 1 is 0.690 bits per heavy atom. The van der Waals surface area contributed by atoms with Crippen LogP contribution in [0.2, 0.25) is 0 Å². The minimum absolute atomic E-state index is 0.365. The van der Waals surface area contributed by atoms with Gasteiger partial charge in [0.05, 0.1) is 0 Å². The number of benzene rings is 4. The Morgan fingerprint density at radius 3 is 2.03 bits per heavy atom. The minimum atomic E-state index is 0.365. The summed E-state index contributed by atoms with van der Waals surface area (Å²) in [6.45, 7) is 27.4. The van der Waals surface area contributed by atoms with Crippen LogP contribution in [0.1, 0.15) is 141 Å². The topological polar surface area (TPSA) is 0 Å². The summed E-state index contributed by atoms with van der Waals surface area (Å²) in [5.74, 6) is 0.790. The molecule has 4 aliphatic carbocycles. The largest absolute Gasteiger partial charge is 0.0915 e. The van der Waals surface area contributed by atoms with Crippen LogP contribution in [-0.4, -0.2) is 0 Å². The third-order valence-electron chi connectivity index (χ3n) is 15.6. The lowest BCUT2D eigenvalue weighted by molar-refractivity contribution is 0.378. The molecule has 0 heteroatoms. The molecule has 0 aromatic heterocycles. The van der Waals surface area contributed by atoms with E-state index in [-0.39, 0.29) is 0 Å². The molecule has 0 saturated heterocycles. The lowest BCUT2D eigenvalue weighted by atomic mass is 9.77. The zero-order valence-corrected chi connectivity index (χ0v) is 44.5. The maximum atomic E-state index is 4.55. The fourth-order valence-electron chi connectivity index (χ4n) is 11.6. The molecule has 0 spiro atoms. The van der Waals surface area contributed by atoms with Crippen molar-refractivity contribution >= 4 is 27.9 Å². The van der Waals surface area contributed by atoms with Crippen LogP contribution in [0.25, 0.3) is 27.9 Å². The van der Waals surface area contributed by atoms with E-state index < -0.39 is 0 Å². The van der Waals surface area contributed by atoms with Crippen molar-refractivity contribution in [3.05, 3.63) is 277 Å². The fourth-order valence-corrected chi connectivity index (χ4v) is 11.6. The molecule has 0 heterocycles. The fraction of sp³-hybridized carbons (Fsp3) is 0.268. The van der Waals surface area contributed by atoms with E-state index in [1.54, 1.807) is 0 Å². The van der Waals surface area contributed by atoms with Gasteiger partial charge in [-0.25, -0.2) is 0 Å². The average Bonchev–Trinajstić information content (AvgIpc) is 3.70. The molecule has 0 amide bonds. The monoisotopic (exact) mass is 929 g/mol. The van der Waals surface area contributed by atoms with Crippen molar-refractivity contribution in [2.45, 2.75) is 114 Å². The number of hydrogen-bond acceptors (Lipinski definition) is 0. The molecule has 0 aliphatic heterocycles. The van der Waals surface area contributed by atoms with Gasteiger partial charge in [0.1, 0.15) is 0 Å². The molecule has 0 radical (unpaired) electrons. The van der Waals surface area contributed by atoms with Crippen molar-refractivity contribution in [3.8, 4) is 0 Å². The molecular weight excluding hydrogens is 853 g/mol. The second-order valence-electron chi connectivity index (χ2n) is 20.5. The second kappa shape index (κ2) is 23.0. The van der Waals surface area contributed by atoms with E-state index in [1.807, 2.05) is 0 Å². The van der Waals surface area contributed by atoms with Crippen LogP contribution in [0.5, 0.6) is 0 Å². The third-order valence-corrected chi connectivity index (χ3v) is 15.6. The normalized spacial score (nSPS) is 19.9. The van der Waals surface area contributed by atoms with Crippen LogP contribution in [0, 0.1) is 11.8 Å². The Morgan fingerprint density at radius 2 is 1.35 bits per heavy atom. The molecule has 4 aliphatic rings. The molecule has 71 heavy (non-hydrogen) atoms. The quantitative estimate of drug-likeness (QED) is 0.139. The first-order chi connectivity index (χ1) is 34.4. The van der Waals surface area contributed by atoms with Gasteiger partial charge in [-0.15, -0.1) is 0 Å². The molecule has 4 aromatic rings. The van der Waals surface area contributed by atoms with Crippen molar-refractivity contribution in [2.75, 3.05) is 0 Å². The Kier molecular flexibility index (Phi) is 16.4. The average molecular weight is 929 g/mol. The highest BCUT2D eigenvalue weighted by Crippen LogP contribution is 2.49. The van der Waals surface area contributed by atoms with Crippen molar-refractivity contribution < 1.29 is 0 Å². The summed E-state index contributed by atoms with van der Waals surface area (Å²) in [6, 6.07) is 40.7. The van der Waals surface area contributed by atoms with Gasteiger partial charge in [0.2, 0.25) is 0 Å². The molecule has 4 aromatic carbocycles. The van der Waals surface area contributed by atoms with Crippen LogP contribution in [0.15, 0.2) is 243 Å². The first-order valence-electron chi connectivity index (χ1n) is 26.4. The summed E-state index contributed by atoms with van der Waals surface area (Å²) in [5.41, 5.74) is 30.9. The Bertz CT molecular complexity index is 3110. The Balaban J connectivity index is 1.32. The summed E-state index contributed by atoms with van der Waals surface area (Å²) in [4.78, 5) is 0. The van der Waals surface area contributed by atoms with E-state index in [0.717, 1.165) is 50.5 Å². The first-order valence-corrected chi connectivity index (χ1v) is 26.4. The highest BCUT2D eigenvalue weighted by molar-refractivity contribution is 6.02. The molecule has 360 valence electrons. The number of allylic oxidation sites excluding steroid dienone is 27. The lowest BCUT2D eigenvalue weighted by Crippen LogP contribution is -2.14. The molecule has 0 fully saturated rings. The van der Waals surface area contributed by atoms with E-state index in [9.17, 15) is 0 Å². The molecule has 0 nitrogen and oxygen atoms in total. The van der Waals surface area contributed by atoms with Gasteiger partial charge in [-0.1, -0.05) is 184 Å². The number of rotatable bonds is 10. The summed E-state index contributed by atoms with van der Waals surface area (Å²) in [7, 11) is 0. The zero-order chi connectivity index (χ0) is 50.2.